The van der Waals surface area contributed by atoms with Gasteiger partial charge in [0.05, 0.1) is 19.8 Å². The Kier molecular flexibility index (Phi) is 9.43. The van der Waals surface area contributed by atoms with E-state index in [1.165, 1.54) is 32.4 Å². The van der Waals surface area contributed by atoms with Gasteiger partial charge in [0, 0.05) is 25.0 Å². The zero-order valence-electron chi connectivity index (χ0n) is 15.6. The van der Waals surface area contributed by atoms with Crippen molar-refractivity contribution in [1.29, 1.82) is 0 Å². The summed E-state index contributed by atoms with van der Waals surface area (Å²) in [7, 11) is 0. The van der Waals surface area contributed by atoms with Crippen LogP contribution in [0.5, 0.6) is 0 Å². The van der Waals surface area contributed by atoms with E-state index >= 15 is 0 Å². The fraction of sp³-hybridized carbons (Fsp3) is 0.895. The Hall–Kier alpha value is -1.14. The van der Waals surface area contributed by atoms with E-state index in [1.807, 2.05) is 0 Å². The van der Waals surface area contributed by atoms with Gasteiger partial charge in [0.15, 0.2) is 0 Å². The van der Waals surface area contributed by atoms with Gasteiger partial charge in [0.25, 0.3) is 0 Å². The Morgan fingerprint density at radius 3 is 2.32 bits per heavy atom. The van der Waals surface area contributed by atoms with E-state index in [0.29, 0.717) is 19.8 Å². The Morgan fingerprint density at radius 2 is 1.72 bits per heavy atom. The minimum atomic E-state index is -0.468. The van der Waals surface area contributed by atoms with Crippen LogP contribution in [0.1, 0.15) is 53.9 Å². The zero-order valence-corrected chi connectivity index (χ0v) is 15.6. The molecule has 2 rings (SSSR count). The third-order valence-corrected chi connectivity index (χ3v) is 4.47. The molecule has 6 heteroatoms. The summed E-state index contributed by atoms with van der Waals surface area (Å²) in [6.45, 7) is 12.9. The SMILES string of the molecule is C.CC(C)(C)C(=NC(=O)OCCCN1CCCCC1)N1CCOCC1. The summed E-state index contributed by atoms with van der Waals surface area (Å²) in [5, 5.41) is 0. The highest BCUT2D eigenvalue weighted by Gasteiger charge is 2.27. The molecule has 25 heavy (non-hydrogen) atoms. The lowest BCUT2D eigenvalue weighted by molar-refractivity contribution is 0.0642. The number of amides is 1. The molecule has 0 saturated carbocycles. The van der Waals surface area contributed by atoms with Gasteiger partial charge >= 0.3 is 6.09 Å². The molecule has 0 atom stereocenters. The van der Waals surface area contributed by atoms with Crippen LogP contribution in [0.3, 0.4) is 0 Å². The summed E-state index contributed by atoms with van der Waals surface area (Å²) >= 11 is 0. The fourth-order valence-corrected chi connectivity index (χ4v) is 3.24. The second-order valence-corrected chi connectivity index (χ2v) is 7.66. The number of ether oxygens (including phenoxy) is 2. The Labute approximate surface area is 153 Å². The van der Waals surface area contributed by atoms with Crippen LogP contribution in [-0.4, -0.2) is 74.3 Å². The number of likely N-dealkylation sites (tertiary alicyclic amines) is 1. The molecule has 0 aromatic heterocycles. The lowest BCUT2D eigenvalue weighted by Gasteiger charge is -2.35. The topological polar surface area (TPSA) is 54.4 Å². The second-order valence-electron chi connectivity index (χ2n) is 7.66. The van der Waals surface area contributed by atoms with E-state index in [0.717, 1.165) is 31.9 Å². The van der Waals surface area contributed by atoms with Gasteiger partial charge in [-0.2, -0.15) is 4.99 Å². The highest BCUT2D eigenvalue weighted by molar-refractivity contribution is 5.95. The number of hydrogen-bond acceptors (Lipinski definition) is 4. The van der Waals surface area contributed by atoms with Gasteiger partial charge in [-0.25, -0.2) is 4.79 Å². The number of morpholine rings is 1. The maximum Gasteiger partial charge on any atom is 0.435 e. The molecule has 2 saturated heterocycles. The van der Waals surface area contributed by atoms with Crippen LogP contribution in [0.25, 0.3) is 0 Å². The predicted molar refractivity (Wildman–Crippen MR) is 102 cm³/mol. The van der Waals surface area contributed by atoms with Crippen LogP contribution in [0.2, 0.25) is 0 Å². The third kappa shape index (κ3) is 7.74. The first kappa shape index (κ1) is 21.9. The van der Waals surface area contributed by atoms with Crippen LogP contribution in [0, 0.1) is 5.41 Å². The molecule has 0 aliphatic carbocycles. The van der Waals surface area contributed by atoms with Gasteiger partial charge in [-0.05, 0) is 32.4 Å². The molecular formula is C19H37N3O3. The van der Waals surface area contributed by atoms with E-state index < -0.39 is 6.09 Å². The van der Waals surface area contributed by atoms with Crippen LogP contribution >= 0.6 is 0 Å². The smallest absolute Gasteiger partial charge is 0.435 e. The van der Waals surface area contributed by atoms with E-state index in [1.54, 1.807) is 0 Å². The Morgan fingerprint density at radius 1 is 1.08 bits per heavy atom. The molecule has 2 heterocycles. The van der Waals surface area contributed by atoms with Crippen LogP contribution in [-0.2, 0) is 9.47 Å². The molecule has 0 bridgehead atoms. The maximum atomic E-state index is 12.1. The van der Waals surface area contributed by atoms with E-state index in [-0.39, 0.29) is 12.8 Å². The highest BCUT2D eigenvalue weighted by Crippen LogP contribution is 2.20. The Bertz CT molecular complexity index is 420. The Balaban J connectivity index is 0.00000312. The van der Waals surface area contributed by atoms with Gasteiger partial charge in [-0.3, -0.25) is 0 Å². The van der Waals surface area contributed by atoms with Crippen molar-refractivity contribution in [2.75, 3.05) is 52.5 Å². The number of carbonyl (C=O) groups is 1. The number of nitrogens with zero attached hydrogens (tertiary/aromatic N) is 3. The van der Waals surface area contributed by atoms with Crippen molar-refractivity contribution in [1.82, 2.24) is 9.80 Å². The second kappa shape index (κ2) is 10.8. The van der Waals surface area contributed by atoms with Crippen LogP contribution in [0.4, 0.5) is 4.79 Å². The fourth-order valence-electron chi connectivity index (χ4n) is 3.24. The number of aliphatic imine (C=N–C) groups is 1. The quantitative estimate of drug-likeness (QED) is 0.439. The monoisotopic (exact) mass is 355 g/mol. The summed E-state index contributed by atoms with van der Waals surface area (Å²) in [6, 6.07) is 0. The van der Waals surface area contributed by atoms with Crippen LogP contribution < -0.4 is 0 Å². The molecule has 0 N–H and O–H groups in total. The molecule has 6 nitrogen and oxygen atoms in total. The molecule has 0 aromatic carbocycles. The maximum absolute atomic E-state index is 12.1. The van der Waals surface area contributed by atoms with Crippen molar-refractivity contribution >= 4 is 11.9 Å². The zero-order chi connectivity index (χ0) is 17.4. The number of amidine groups is 1. The van der Waals surface area contributed by atoms with Gasteiger partial charge in [0.1, 0.15) is 5.84 Å². The number of rotatable bonds is 4. The molecular weight excluding hydrogens is 318 g/mol. The van der Waals surface area contributed by atoms with Gasteiger partial charge in [-0.1, -0.05) is 34.6 Å². The summed E-state index contributed by atoms with van der Waals surface area (Å²) in [6.07, 6.45) is 4.34. The average Bonchev–Trinajstić information content (AvgIpc) is 2.57. The minimum Gasteiger partial charge on any atom is -0.448 e. The minimum absolute atomic E-state index is 0. The van der Waals surface area contributed by atoms with Gasteiger partial charge in [-0.15, -0.1) is 0 Å². The van der Waals surface area contributed by atoms with Crippen molar-refractivity contribution in [2.45, 2.75) is 53.9 Å². The molecule has 0 aromatic rings. The molecule has 0 spiro atoms. The van der Waals surface area contributed by atoms with E-state index in [9.17, 15) is 4.79 Å². The van der Waals surface area contributed by atoms with E-state index in [4.69, 9.17) is 9.47 Å². The van der Waals surface area contributed by atoms with Gasteiger partial charge < -0.3 is 19.3 Å². The van der Waals surface area contributed by atoms with E-state index in [2.05, 4.69) is 35.6 Å². The van der Waals surface area contributed by atoms with Crippen molar-refractivity contribution in [3.8, 4) is 0 Å². The van der Waals surface area contributed by atoms with Crippen molar-refractivity contribution in [3.63, 3.8) is 0 Å². The molecule has 0 unspecified atom stereocenters. The average molecular weight is 356 g/mol. The van der Waals surface area contributed by atoms with Gasteiger partial charge in [0.2, 0.25) is 0 Å². The first-order valence-corrected chi connectivity index (χ1v) is 9.28. The normalized spacial score (nSPS) is 20.1. The first-order valence-electron chi connectivity index (χ1n) is 9.28. The molecule has 2 aliphatic rings. The molecule has 0 radical (unpaired) electrons. The molecule has 2 fully saturated rings. The van der Waals surface area contributed by atoms with Crippen molar-refractivity contribution in [2.24, 2.45) is 10.4 Å². The summed E-state index contributed by atoms with van der Waals surface area (Å²) < 4.78 is 10.7. The third-order valence-electron chi connectivity index (χ3n) is 4.47. The number of carbonyl (C=O) groups excluding carboxylic acids is 1. The van der Waals surface area contributed by atoms with Crippen LogP contribution in [0.15, 0.2) is 4.99 Å². The number of piperidine rings is 1. The standard InChI is InChI=1S/C18H33N3O3.CH4/c1-18(2,3)16(21-11-14-23-15-12-21)19-17(22)24-13-7-10-20-8-5-4-6-9-20;/h4-15H2,1-3H3;1H4. The highest BCUT2D eigenvalue weighted by atomic mass is 16.5. The molecule has 2 aliphatic heterocycles. The van der Waals surface area contributed by atoms with Crippen molar-refractivity contribution in [3.05, 3.63) is 0 Å². The molecule has 146 valence electrons. The largest absolute Gasteiger partial charge is 0.448 e. The van der Waals surface area contributed by atoms with Crippen molar-refractivity contribution < 1.29 is 14.3 Å². The molecule has 1 amide bonds. The first-order chi connectivity index (χ1) is 11.5. The number of hydrogen-bond donors (Lipinski definition) is 0. The lowest BCUT2D eigenvalue weighted by atomic mass is 9.93. The summed E-state index contributed by atoms with van der Waals surface area (Å²) in [4.78, 5) is 21.0. The summed E-state index contributed by atoms with van der Waals surface area (Å²) in [5.41, 5.74) is -0.190. The predicted octanol–water partition coefficient (Wildman–Crippen LogP) is 3.41. The lowest BCUT2D eigenvalue weighted by Crippen LogP contribution is -2.46. The summed E-state index contributed by atoms with van der Waals surface area (Å²) in [5.74, 6) is 0.798.